The number of nitrogens with one attached hydrogen (secondary N) is 2. The van der Waals surface area contributed by atoms with Crippen LogP contribution in [0.2, 0.25) is 0 Å². The SMILES string of the molecule is CC(C)(C)c1ccc(SCC(=O)Nc2ccc(NC(N)=O)cc2)cc1. The van der Waals surface area contributed by atoms with Crippen LogP contribution in [0.25, 0.3) is 0 Å². The van der Waals surface area contributed by atoms with Gasteiger partial charge in [-0.1, -0.05) is 32.9 Å². The number of carbonyl (C=O) groups excluding carboxylic acids is 2. The van der Waals surface area contributed by atoms with Gasteiger partial charge in [0.25, 0.3) is 0 Å². The number of carbonyl (C=O) groups is 2. The Bertz CT molecular complexity index is 735. The molecular weight excluding hydrogens is 334 g/mol. The van der Waals surface area contributed by atoms with Gasteiger partial charge >= 0.3 is 6.03 Å². The van der Waals surface area contributed by atoms with Gasteiger partial charge in [-0.05, 0) is 47.4 Å². The molecular formula is C19H23N3O2S. The third-order valence-electron chi connectivity index (χ3n) is 3.53. The summed E-state index contributed by atoms with van der Waals surface area (Å²) in [5.74, 6) is 0.247. The molecule has 0 bridgehead atoms. The van der Waals surface area contributed by atoms with E-state index in [-0.39, 0.29) is 11.3 Å². The van der Waals surface area contributed by atoms with Gasteiger partial charge in [-0.15, -0.1) is 11.8 Å². The van der Waals surface area contributed by atoms with Crippen molar-refractivity contribution in [2.75, 3.05) is 16.4 Å². The number of urea groups is 1. The molecule has 0 saturated carbocycles. The van der Waals surface area contributed by atoms with E-state index in [2.05, 4.69) is 43.5 Å². The van der Waals surface area contributed by atoms with E-state index in [1.54, 1.807) is 24.3 Å². The Morgan fingerprint density at radius 3 is 1.92 bits per heavy atom. The molecule has 0 saturated heterocycles. The van der Waals surface area contributed by atoms with Crippen LogP contribution in [0, 0.1) is 0 Å². The van der Waals surface area contributed by atoms with Crippen LogP contribution >= 0.6 is 11.8 Å². The first kappa shape index (κ1) is 18.9. The molecule has 0 unspecified atom stereocenters. The van der Waals surface area contributed by atoms with Crippen LogP contribution in [0.3, 0.4) is 0 Å². The lowest BCUT2D eigenvalue weighted by Crippen LogP contribution is -2.19. The van der Waals surface area contributed by atoms with Gasteiger partial charge in [-0.3, -0.25) is 4.79 Å². The van der Waals surface area contributed by atoms with Crippen LogP contribution < -0.4 is 16.4 Å². The molecule has 0 aliphatic rings. The van der Waals surface area contributed by atoms with E-state index in [0.717, 1.165) is 4.90 Å². The summed E-state index contributed by atoms with van der Waals surface area (Å²) in [6.45, 7) is 6.52. The lowest BCUT2D eigenvalue weighted by molar-refractivity contribution is -0.113. The van der Waals surface area contributed by atoms with Crippen LogP contribution in [-0.2, 0) is 10.2 Å². The maximum atomic E-state index is 12.1. The van der Waals surface area contributed by atoms with E-state index < -0.39 is 6.03 Å². The quantitative estimate of drug-likeness (QED) is 0.701. The Labute approximate surface area is 152 Å². The standard InChI is InChI=1S/C19H23N3O2S/c1-19(2,3)13-4-10-16(11-5-13)25-12-17(23)21-14-6-8-15(9-7-14)22-18(20)24/h4-11H,12H2,1-3H3,(H,21,23)(H3,20,22,24). The molecule has 3 amide bonds. The molecule has 0 fully saturated rings. The minimum Gasteiger partial charge on any atom is -0.351 e. The molecule has 0 spiro atoms. The Kier molecular flexibility index (Phi) is 6.09. The van der Waals surface area contributed by atoms with Gasteiger partial charge in [-0.25, -0.2) is 4.79 Å². The second kappa shape index (κ2) is 8.07. The lowest BCUT2D eigenvalue weighted by atomic mass is 9.87. The number of anilines is 2. The van der Waals surface area contributed by atoms with Gasteiger partial charge in [0.05, 0.1) is 5.75 Å². The summed E-state index contributed by atoms with van der Waals surface area (Å²) >= 11 is 1.49. The predicted molar refractivity (Wildman–Crippen MR) is 104 cm³/mol. The number of rotatable bonds is 5. The average molecular weight is 357 g/mol. The maximum absolute atomic E-state index is 12.1. The van der Waals surface area contributed by atoms with Crippen LogP contribution in [-0.4, -0.2) is 17.7 Å². The van der Waals surface area contributed by atoms with Crippen LogP contribution in [0.15, 0.2) is 53.4 Å². The van der Waals surface area contributed by atoms with Crippen molar-refractivity contribution in [1.29, 1.82) is 0 Å². The summed E-state index contributed by atoms with van der Waals surface area (Å²) in [6, 6.07) is 14.5. The zero-order chi connectivity index (χ0) is 18.4. The van der Waals surface area contributed by atoms with Gasteiger partial charge in [0.15, 0.2) is 0 Å². The topological polar surface area (TPSA) is 84.2 Å². The van der Waals surface area contributed by atoms with Crippen molar-refractivity contribution < 1.29 is 9.59 Å². The number of hydrogen-bond acceptors (Lipinski definition) is 3. The van der Waals surface area contributed by atoms with Gasteiger partial charge < -0.3 is 16.4 Å². The number of nitrogens with two attached hydrogens (primary N) is 1. The predicted octanol–water partition coefficient (Wildman–Crippen LogP) is 4.21. The smallest absolute Gasteiger partial charge is 0.316 e. The highest BCUT2D eigenvalue weighted by Gasteiger charge is 2.13. The second-order valence-corrected chi connectivity index (χ2v) is 7.73. The number of primary amides is 1. The molecule has 6 heteroatoms. The highest BCUT2D eigenvalue weighted by molar-refractivity contribution is 8.00. The van der Waals surface area contributed by atoms with Crippen molar-refractivity contribution in [3.8, 4) is 0 Å². The van der Waals surface area contributed by atoms with E-state index in [0.29, 0.717) is 17.1 Å². The molecule has 2 aromatic carbocycles. The van der Waals surface area contributed by atoms with Gasteiger partial charge in [0, 0.05) is 16.3 Å². The second-order valence-electron chi connectivity index (χ2n) is 6.68. The molecule has 132 valence electrons. The van der Waals surface area contributed by atoms with Crippen LogP contribution in [0.4, 0.5) is 16.2 Å². The number of hydrogen-bond donors (Lipinski definition) is 3. The molecule has 2 aromatic rings. The first-order valence-corrected chi connectivity index (χ1v) is 8.92. The molecule has 5 nitrogen and oxygen atoms in total. The fourth-order valence-corrected chi connectivity index (χ4v) is 2.87. The van der Waals surface area contributed by atoms with E-state index >= 15 is 0 Å². The normalized spacial score (nSPS) is 11.0. The van der Waals surface area contributed by atoms with E-state index in [1.165, 1.54) is 17.3 Å². The molecule has 0 aromatic heterocycles. The molecule has 25 heavy (non-hydrogen) atoms. The van der Waals surface area contributed by atoms with Crippen molar-refractivity contribution in [2.24, 2.45) is 5.73 Å². The Morgan fingerprint density at radius 1 is 0.920 bits per heavy atom. The first-order valence-electron chi connectivity index (χ1n) is 7.94. The minimum absolute atomic E-state index is 0.0829. The van der Waals surface area contributed by atoms with Crippen molar-refractivity contribution in [2.45, 2.75) is 31.1 Å². The number of thioether (sulfide) groups is 1. The van der Waals surface area contributed by atoms with Crippen molar-refractivity contribution in [3.63, 3.8) is 0 Å². The molecule has 0 aliphatic heterocycles. The third kappa shape index (κ3) is 6.15. The minimum atomic E-state index is -0.620. The zero-order valence-electron chi connectivity index (χ0n) is 14.6. The molecule has 0 atom stereocenters. The number of benzene rings is 2. The highest BCUT2D eigenvalue weighted by Crippen LogP contribution is 2.25. The van der Waals surface area contributed by atoms with Crippen molar-refractivity contribution >= 4 is 35.1 Å². The molecule has 0 aliphatic carbocycles. The molecule has 2 rings (SSSR count). The summed E-state index contributed by atoms with van der Waals surface area (Å²) in [7, 11) is 0. The Balaban J connectivity index is 1.85. The number of amides is 3. The molecule has 0 heterocycles. The summed E-state index contributed by atoms with van der Waals surface area (Å²) in [5.41, 5.74) is 7.69. The van der Waals surface area contributed by atoms with E-state index in [4.69, 9.17) is 5.73 Å². The van der Waals surface area contributed by atoms with E-state index in [9.17, 15) is 9.59 Å². The summed E-state index contributed by atoms with van der Waals surface area (Å²) < 4.78 is 0. The van der Waals surface area contributed by atoms with Gasteiger partial charge in [0.1, 0.15) is 0 Å². The van der Waals surface area contributed by atoms with Gasteiger partial charge in [-0.2, -0.15) is 0 Å². The Hall–Kier alpha value is -2.47. The van der Waals surface area contributed by atoms with Crippen molar-refractivity contribution in [1.82, 2.24) is 0 Å². The third-order valence-corrected chi connectivity index (χ3v) is 4.54. The Morgan fingerprint density at radius 2 is 1.44 bits per heavy atom. The zero-order valence-corrected chi connectivity index (χ0v) is 15.4. The van der Waals surface area contributed by atoms with Gasteiger partial charge in [0.2, 0.25) is 5.91 Å². The summed E-state index contributed by atoms with van der Waals surface area (Å²) in [6.07, 6.45) is 0. The fraction of sp³-hybridized carbons (Fsp3) is 0.263. The first-order chi connectivity index (χ1) is 11.7. The monoisotopic (exact) mass is 357 g/mol. The fourth-order valence-electron chi connectivity index (χ4n) is 2.18. The largest absolute Gasteiger partial charge is 0.351 e. The molecule has 4 N–H and O–H groups in total. The average Bonchev–Trinajstić information content (AvgIpc) is 2.54. The maximum Gasteiger partial charge on any atom is 0.316 e. The molecule has 0 radical (unpaired) electrons. The van der Waals surface area contributed by atoms with Crippen LogP contribution in [0.1, 0.15) is 26.3 Å². The highest BCUT2D eigenvalue weighted by atomic mass is 32.2. The lowest BCUT2D eigenvalue weighted by Gasteiger charge is -2.19. The summed E-state index contributed by atoms with van der Waals surface area (Å²) in [5, 5.41) is 5.29. The van der Waals surface area contributed by atoms with Crippen LogP contribution in [0.5, 0.6) is 0 Å². The van der Waals surface area contributed by atoms with Crippen molar-refractivity contribution in [3.05, 3.63) is 54.1 Å². The summed E-state index contributed by atoms with van der Waals surface area (Å²) in [4.78, 5) is 23.9. The van der Waals surface area contributed by atoms with E-state index in [1.807, 2.05) is 12.1 Å².